The zero-order valence-electron chi connectivity index (χ0n) is 13.3. The van der Waals surface area contributed by atoms with Gasteiger partial charge in [0.1, 0.15) is 5.58 Å². The van der Waals surface area contributed by atoms with Crippen molar-refractivity contribution < 1.29 is 13.9 Å². The minimum absolute atomic E-state index is 0.283. The van der Waals surface area contributed by atoms with Crippen LogP contribution in [0.3, 0.4) is 0 Å². The summed E-state index contributed by atoms with van der Waals surface area (Å²) in [6, 6.07) is 7.63. The van der Waals surface area contributed by atoms with E-state index in [4.69, 9.17) is 13.9 Å². The van der Waals surface area contributed by atoms with E-state index in [1.165, 1.54) is 0 Å². The highest BCUT2D eigenvalue weighted by Crippen LogP contribution is 2.32. The Hall–Kier alpha value is -1.69. The number of ether oxygens (including phenoxy) is 2. The number of benzene rings is 1. The van der Waals surface area contributed by atoms with Crippen molar-refractivity contribution in [1.29, 1.82) is 0 Å². The van der Waals surface area contributed by atoms with Crippen LogP contribution in [0, 0.1) is 6.92 Å². The minimum Gasteiger partial charge on any atom is -0.423 e. The van der Waals surface area contributed by atoms with Crippen LogP contribution >= 0.6 is 0 Å². The highest BCUT2D eigenvalue weighted by Gasteiger charge is 2.39. The summed E-state index contributed by atoms with van der Waals surface area (Å²) in [5.41, 5.74) is 2.51. The Labute approximate surface area is 134 Å². The van der Waals surface area contributed by atoms with Gasteiger partial charge in [-0.3, -0.25) is 4.90 Å². The van der Waals surface area contributed by atoms with Crippen molar-refractivity contribution in [2.45, 2.75) is 32.1 Å². The Morgan fingerprint density at radius 1 is 1.13 bits per heavy atom. The normalized spacial score (nSPS) is 21.3. The predicted octanol–water partition coefficient (Wildman–Crippen LogP) is 2.44. The molecule has 2 aliphatic rings. The molecule has 2 fully saturated rings. The molecule has 0 saturated carbocycles. The Balaban J connectivity index is 1.55. The summed E-state index contributed by atoms with van der Waals surface area (Å²) in [4.78, 5) is 14.2. The van der Waals surface area contributed by atoms with Crippen LogP contribution in [0.1, 0.15) is 24.0 Å². The zero-order chi connectivity index (χ0) is 15.9. The van der Waals surface area contributed by atoms with E-state index in [9.17, 15) is 4.79 Å². The molecule has 2 aliphatic heterocycles. The lowest BCUT2D eigenvalue weighted by Gasteiger charge is -2.37. The summed E-state index contributed by atoms with van der Waals surface area (Å²) in [5, 5.41) is 1.02. The average Bonchev–Trinajstić information content (AvgIpc) is 2.97. The molecule has 1 aromatic heterocycles. The standard InChI is InChI=1S/C18H21NO4/c1-13-2-3-15-14(11-17(20)23-16(15)10-13)12-19-6-4-18(5-7-19)21-8-9-22-18/h2-3,10-11H,4-9,12H2,1H3. The van der Waals surface area contributed by atoms with Gasteiger partial charge in [-0.1, -0.05) is 12.1 Å². The van der Waals surface area contributed by atoms with E-state index in [2.05, 4.69) is 11.0 Å². The largest absolute Gasteiger partial charge is 0.423 e. The van der Waals surface area contributed by atoms with E-state index < -0.39 is 0 Å². The van der Waals surface area contributed by atoms with Gasteiger partial charge in [0.2, 0.25) is 0 Å². The summed E-state index contributed by atoms with van der Waals surface area (Å²) in [6.45, 7) is 5.97. The quantitative estimate of drug-likeness (QED) is 0.797. The van der Waals surface area contributed by atoms with Crippen LogP contribution in [-0.2, 0) is 16.0 Å². The third kappa shape index (κ3) is 2.92. The Kier molecular flexibility index (Phi) is 3.71. The summed E-state index contributed by atoms with van der Waals surface area (Å²) < 4.78 is 16.9. The van der Waals surface area contributed by atoms with Gasteiger partial charge in [0, 0.05) is 43.9 Å². The molecule has 0 radical (unpaired) electrons. The van der Waals surface area contributed by atoms with E-state index in [1.807, 2.05) is 19.1 Å². The van der Waals surface area contributed by atoms with Crippen LogP contribution in [0.25, 0.3) is 11.0 Å². The maximum atomic E-state index is 11.8. The number of aryl methyl sites for hydroxylation is 1. The smallest absolute Gasteiger partial charge is 0.336 e. The lowest BCUT2D eigenvalue weighted by atomic mass is 10.0. The Morgan fingerprint density at radius 3 is 2.61 bits per heavy atom. The van der Waals surface area contributed by atoms with E-state index in [0.717, 1.165) is 49.0 Å². The molecular weight excluding hydrogens is 294 g/mol. The van der Waals surface area contributed by atoms with Crippen molar-refractivity contribution >= 4 is 11.0 Å². The van der Waals surface area contributed by atoms with Crippen LogP contribution in [0.4, 0.5) is 0 Å². The molecule has 0 bridgehead atoms. The second kappa shape index (κ2) is 5.74. The zero-order valence-corrected chi connectivity index (χ0v) is 13.3. The van der Waals surface area contributed by atoms with Gasteiger partial charge in [0.25, 0.3) is 0 Å². The molecule has 2 aromatic rings. The molecule has 122 valence electrons. The molecule has 3 heterocycles. The molecule has 0 atom stereocenters. The number of likely N-dealkylation sites (tertiary alicyclic amines) is 1. The average molecular weight is 315 g/mol. The SMILES string of the molecule is Cc1ccc2c(CN3CCC4(CC3)OCCO4)cc(=O)oc2c1. The molecule has 5 heteroatoms. The fourth-order valence-electron chi connectivity index (χ4n) is 3.55. The fourth-order valence-corrected chi connectivity index (χ4v) is 3.55. The van der Waals surface area contributed by atoms with Gasteiger partial charge in [0.05, 0.1) is 13.2 Å². The van der Waals surface area contributed by atoms with Crippen molar-refractivity contribution in [3.05, 3.63) is 45.8 Å². The number of rotatable bonds is 2. The predicted molar refractivity (Wildman–Crippen MR) is 86.4 cm³/mol. The van der Waals surface area contributed by atoms with Gasteiger partial charge in [-0.2, -0.15) is 0 Å². The Morgan fingerprint density at radius 2 is 1.87 bits per heavy atom. The van der Waals surface area contributed by atoms with E-state index in [1.54, 1.807) is 6.07 Å². The number of piperidine rings is 1. The van der Waals surface area contributed by atoms with Crippen LogP contribution < -0.4 is 5.63 Å². The number of nitrogens with zero attached hydrogens (tertiary/aromatic N) is 1. The molecule has 0 aliphatic carbocycles. The van der Waals surface area contributed by atoms with E-state index in [0.29, 0.717) is 18.8 Å². The topological polar surface area (TPSA) is 51.9 Å². The highest BCUT2D eigenvalue weighted by atomic mass is 16.7. The van der Waals surface area contributed by atoms with Crippen molar-refractivity contribution in [3.63, 3.8) is 0 Å². The molecule has 0 N–H and O–H groups in total. The van der Waals surface area contributed by atoms with Crippen LogP contribution in [0.2, 0.25) is 0 Å². The molecule has 4 rings (SSSR count). The van der Waals surface area contributed by atoms with Gasteiger partial charge in [0.15, 0.2) is 5.79 Å². The van der Waals surface area contributed by atoms with Crippen molar-refractivity contribution in [2.75, 3.05) is 26.3 Å². The fraction of sp³-hybridized carbons (Fsp3) is 0.500. The number of hydrogen-bond donors (Lipinski definition) is 0. The molecule has 1 spiro atoms. The van der Waals surface area contributed by atoms with Crippen LogP contribution in [-0.4, -0.2) is 37.0 Å². The first-order chi connectivity index (χ1) is 11.1. The molecule has 0 amide bonds. The van der Waals surface area contributed by atoms with Gasteiger partial charge in [-0.25, -0.2) is 4.79 Å². The maximum Gasteiger partial charge on any atom is 0.336 e. The van der Waals surface area contributed by atoms with Gasteiger partial charge < -0.3 is 13.9 Å². The van der Waals surface area contributed by atoms with Crippen molar-refractivity contribution in [2.24, 2.45) is 0 Å². The molecule has 5 nitrogen and oxygen atoms in total. The highest BCUT2D eigenvalue weighted by molar-refractivity contribution is 5.80. The third-order valence-corrected chi connectivity index (χ3v) is 4.81. The van der Waals surface area contributed by atoms with Crippen molar-refractivity contribution in [3.8, 4) is 0 Å². The third-order valence-electron chi connectivity index (χ3n) is 4.81. The number of hydrogen-bond acceptors (Lipinski definition) is 5. The van der Waals surface area contributed by atoms with E-state index in [-0.39, 0.29) is 11.4 Å². The van der Waals surface area contributed by atoms with Gasteiger partial charge >= 0.3 is 5.63 Å². The summed E-state index contributed by atoms with van der Waals surface area (Å²) in [7, 11) is 0. The summed E-state index contributed by atoms with van der Waals surface area (Å²) in [5.74, 6) is -0.356. The van der Waals surface area contributed by atoms with Crippen molar-refractivity contribution in [1.82, 2.24) is 4.90 Å². The molecule has 0 unspecified atom stereocenters. The van der Waals surface area contributed by atoms with E-state index >= 15 is 0 Å². The van der Waals surface area contributed by atoms with Crippen LogP contribution in [0.5, 0.6) is 0 Å². The van der Waals surface area contributed by atoms with Gasteiger partial charge in [-0.05, 0) is 24.1 Å². The number of fused-ring (bicyclic) bond motifs is 1. The minimum atomic E-state index is -0.356. The molecular formula is C18H21NO4. The monoisotopic (exact) mass is 315 g/mol. The first-order valence-electron chi connectivity index (χ1n) is 8.17. The van der Waals surface area contributed by atoms with Gasteiger partial charge in [-0.15, -0.1) is 0 Å². The molecule has 2 saturated heterocycles. The molecule has 1 aromatic carbocycles. The summed E-state index contributed by atoms with van der Waals surface area (Å²) >= 11 is 0. The first kappa shape index (κ1) is 14.9. The maximum absolute atomic E-state index is 11.8. The molecule has 23 heavy (non-hydrogen) atoms. The lowest BCUT2D eigenvalue weighted by molar-refractivity contribution is -0.185. The first-order valence-corrected chi connectivity index (χ1v) is 8.17. The summed E-state index contributed by atoms with van der Waals surface area (Å²) in [6.07, 6.45) is 1.76. The van der Waals surface area contributed by atoms with Crippen LogP contribution in [0.15, 0.2) is 33.5 Å². The Bertz CT molecular complexity index is 766. The second-order valence-electron chi connectivity index (χ2n) is 6.47. The lowest BCUT2D eigenvalue weighted by Crippen LogP contribution is -2.44. The second-order valence-corrected chi connectivity index (χ2v) is 6.47.